The van der Waals surface area contributed by atoms with Gasteiger partial charge in [0.25, 0.3) is 5.91 Å². The van der Waals surface area contributed by atoms with E-state index in [0.717, 1.165) is 11.4 Å². The highest BCUT2D eigenvalue weighted by atomic mass is 35.5. The van der Waals surface area contributed by atoms with Gasteiger partial charge in [-0.05, 0) is 31.9 Å². The molecule has 0 fully saturated rings. The van der Waals surface area contributed by atoms with Gasteiger partial charge in [-0.1, -0.05) is 6.92 Å². The topological polar surface area (TPSA) is 42.0 Å². The molecule has 1 amide bonds. The Kier molecular flexibility index (Phi) is 4.74. The first kappa shape index (κ1) is 13.0. The summed E-state index contributed by atoms with van der Waals surface area (Å²) < 4.78 is 0. The number of rotatable bonds is 4. The van der Waals surface area contributed by atoms with Crippen LogP contribution in [-0.2, 0) is 0 Å². The molecule has 0 saturated heterocycles. The molecule has 0 radical (unpaired) electrons. The summed E-state index contributed by atoms with van der Waals surface area (Å²) in [4.78, 5) is 16.1. The highest BCUT2D eigenvalue weighted by Crippen LogP contribution is 2.06. The van der Waals surface area contributed by atoms with E-state index < -0.39 is 0 Å². The molecular weight excluding hydrogens is 224 g/mol. The Bertz CT molecular complexity index is 379. The number of carbonyl (C=O) groups excluding carboxylic acids is 1. The summed E-state index contributed by atoms with van der Waals surface area (Å²) in [5, 5.41) is 2.85. The molecule has 0 aliphatic carbocycles. The Hall–Kier alpha value is -1.09. The standard InChI is InChI=1S/C12H17ClN2O/c1-8(6-13)7-14-12(16)11-5-4-9(2)15-10(11)3/h4-5,8H,6-7H2,1-3H3,(H,14,16). The minimum absolute atomic E-state index is 0.0815. The van der Waals surface area contributed by atoms with Gasteiger partial charge >= 0.3 is 0 Å². The van der Waals surface area contributed by atoms with Gasteiger partial charge in [-0.25, -0.2) is 0 Å². The fraction of sp³-hybridized carbons (Fsp3) is 0.500. The molecule has 0 saturated carbocycles. The second-order valence-electron chi connectivity index (χ2n) is 4.06. The van der Waals surface area contributed by atoms with E-state index >= 15 is 0 Å². The van der Waals surface area contributed by atoms with Gasteiger partial charge < -0.3 is 5.32 Å². The number of alkyl halides is 1. The van der Waals surface area contributed by atoms with Crippen LogP contribution in [0.15, 0.2) is 12.1 Å². The lowest BCUT2D eigenvalue weighted by atomic mass is 10.1. The van der Waals surface area contributed by atoms with Crippen molar-refractivity contribution in [1.82, 2.24) is 10.3 Å². The van der Waals surface area contributed by atoms with Crippen molar-refractivity contribution in [2.75, 3.05) is 12.4 Å². The smallest absolute Gasteiger partial charge is 0.253 e. The molecule has 1 rings (SSSR count). The summed E-state index contributed by atoms with van der Waals surface area (Å²) in [7, 11) is 0. The summed E-state index contributed by atoms with van der Waals surface area (Å²) in [6.45, 7) is 6.33. The van der Waals surface area contributed by atoms with Crippen molar-refractivity contribution in [3.63, 3.8) is 0 Å². The van der Waals surface area contributed by atoms with Crippen molar-refractivity contribution in [2.24, 2.45) is 5.92 Å². The normalized spacial score (nSPS) is 12.2. The second-order valence-corrected chi connectivity index (χ2v) is 4.36. The second kappa shape index (κ2) is 5.85. The maximum absolute atomic E-state index is 11.8. The SMILES string of the molecule is Cc1ccc(C(=O)NCC(C)CCl)c(C)n1. The molecule has 0 aromatic carbocycles. The minimum Gasteiger partial charge on any atom is -0.352 e. The minimum atomic E-state index is -0.0815. The molecule has 0 spiro atoms. The zero-order valence-corrected chi connectivity index (χ0v) is 10.6. The van der Waals surface area contributed by atoms with Gasteiger partial charge in [0.15, 0.2) is 0 Å². The van der Waals surface area contributed by atoms with Gasteiger partial charge in [-0.3, -0.25) is 9.78 Å². The number of halogens is 1. The van der Waals surface area contributed by atoms with E-state index in [1.165, 1.54) is 0 Å². The van der Waals surface area contributed by atoms with Crippen LogP contribution in [0.1, 0.15) is 28.7 Å². The first-order valence-electron chi connectivity index (χ1n) is 5.33. The van der Waals surface area contributed by atoms with Crippen LogP contribution >= 0.6 is 11.6 Å². The van der Waals surface area contributed by atoms with Crippen LogP contribution in [0.25, 0.3) is 0 Å². The average molecular weight is 241 g/mol. The monoisotopic (exact) mass is 240 g/mol. The molecule has 1 aromatic rings. The maximum Gasteiger partial charge on any atom is 0.253 e. The van der Waals surface area contributed by atoms with Crippen molar-refractivity contribution in [1.29, 1.82) is 0 Å². The molecule has 1 atom stereocenters. The van der Waals surface area contributed by atoms with Crippen LogP contribution in [-0.4, -0.2) is 23.3 Å². The molecule has 88 valence electrons. The first-order chi connectivity index (χ1) is 7.54. The van der Waals surface area contributed by atoms with E-state index in [4.69, 9.17) is 11.6 Å². The Morgan fingerprint density at radius 3 is 2.75 bits per heavy atom. The third kappa shape index (κ3) is 3.49. The summed E-state index contributed by atoms with van der Waals surface area (Å²) >= 11 is 5.67. The number of nitrogens with one attached hydrogen (secondary N) is 1. The van der Waals surface area contributed by atoms with Crippen LogP contribution in [0.3, 0.4) is 0 Å². The number of hydrogen-bond donors (Lipinski definition) is 1. The number of carbonyl (C=O) groups is 1. The molecule has 0 bridgehead atoms. The lowest BCUT2D eigenvalue weighted by Gasteiger charge is -2.10. The van der Waals surface area contributed by atoms with E-state index in [1.807, 2.05) is 26.8 Å². The molecule has 1 aromatic heterocycles. The van der Waals surface area contributed by atoms with Crippen LogP contribution in [0.5, 0.6) is 0 Å². The fourth-order valence-electron chi connectivity index (χ4n) is 1.34. The van der Waals surface area contributed by atoms with E-state index in [9.17, 15) is 4.79 Å². The lowest BCUT2D eigenvalue weighted by Crippen LogP contribution is -2.29. The zero-order chi connectivity index (χ0) is 12.1. The summed E-state index contributed by atoms with van der Waals surface area (Å²) in [6, 6.07) is 3.64. The number of nitrogens with zero attached hydrogens (tertiary/aromatic N) is 1. The van der Waals surface area contributed by atoms with E-state index in [-0.39, 0.29) is 11.8 Å². The predicted octanol–water partition coefficient (Wildman–Crippen LogP) is 2.30. The third-order valence-corrected chi connectivity index (χ3v) is 2.87. The van der Waals surface area contributed by atoms with E-state index in [2.05, 4.69) is 10.3 Å². The number of hydrogen-bond acceptors (Lipinski definition) is 2. The highest BCUT2D eigenvalue weighted by Gasteiger charge is 2.10. The average Bonchev–Trinajstić information content (AvgIpc) is 2.25. The Labute approximate surface area is 101 Å². The first-order valence-corrected chi connectivity index (χ1v) is 5.86. The van der Waals surface area contributed by atoms with Gasteiger partial charge in [0.1, 0.15) is 0 Å². The molecule has 16 heavy (non-hydrogen) atoms. The lowest BCUT2D eigenvalue weighted by molar-refractivity contribution is 0.0948. The van der Waals surface area contributed by atoms with Gasteiger partial charge in [0.2, 0.25) is 0 Å². The summed E-state index contributed by atoms with van der Waals surface area (Å²) in [5.74, 6) is 0.747. The van der Waals surface area contributed by atoms with Crippen molar-refractivity contribution >= 4 is 17.5 Å². The molecule has 1 heterocycles. The third-order valence-electron chi connectivity index (χ3n) is 2.34. The zero-order valence-electron chi connectivity index (χ0n) is 9.88. The van der Waals surface area contributed by atoms with Gasteiger partial charge in [0, 0.05) is 18.1 Å². The Morgan fingerprint density at radius 1 is 1.50 bits per heavy atom. The van der Waals surface area contributed by atoms with Crippen LogP contribution in [0.4, 0.5) is 0 Å². The molecule has 3 nitrogen and oxygen atoms in total. The highest BCUT2D eigenvalue weighted by molar-refractivity contribution is 6.18. The van der Waals surface area contributed by atoms with E-state index in [0.29, 0.717) is 18.0 Å². The largest absolute Gasteiger partial charge is 0.352 e. The van der Waals surface area contributed by atoms with Crippen molar-refractivity contribution in [3.8, 4) is 0 Å². The van der Waals surface area contributed by atoms with Gasteiger partial charge in [0.05, 0.1) is 11.3 Å². The molecule has 0 aliphatic rings. The Balaban J connectivity index is 2.66. The molecule has 1 unspecified atom stereocenters. The van der Waals surface area contributed by atoms with E-state index in [1.54, 1.807) is 6.07 Å². The number of aryl methyl sites for hydroxylation is 2. The quantitative estimate of drug-likeness (QED) is 0.821. The van der Waals surface area contributed by atoms with Gasteiger partial charge in [-0.2, -0.15) is 0 Å². The molecule has 4 heteroatoms. The number of pyridine rings is 1. The van der Waals surface area contributed by atoms with Gasteiger partial charge in [-0.15, -0.1) is 11.6 Å². The molecule has 0 aliphatic heterocycles. The summed E-state index contributed by atoms with van der Waals surface area (Å²) in [5.41, 5.74) is 2.31. The molecular formula is C12H17ClN2O. The predicted molar refractivity (Wildman–Crippen MR) is 65.9 cm³/mol. The van der Waals surface area contributed by atoms with Crippen molar-refractivity contribution in [2.45, 2.75) is 20.8 Å². The van der Waals surface area contributed by atoms with Crippen LogP contribution in [0.2, 0.25) is 0 Å². The maximum atomic E-state index is 11.8. The Morgan fingerprint density at radius 2 is 2.19 bits per heavy atom. The molecule has 1 N–H and O–H groups in total. The van der Waals surface area contributed by atoms with Crippen LogP contribution in [0, 0.1) is 19.8 Å². The van der Waals surface area contributed by atoms with Crippen molar-refractivity contribution < 1.29 is 4.79 Å². The fourth-order valence-corrected chi connectivity index (χ4v) is 1.45. The summed E-state index contributed by atoms with van der Waals surface area (Å²) in [6.07, 6.45) is 0. The number of aromatic nitrogens is 1. The number of amides is 1. The van der Waals surface area contributed by atoms with Crippen molar-refractivity contribution in [3.05, 3.63) is 29.1 Å². The van der Waals surface area contributed by atoms with Crippen LogP contribution < -0.4 is 5.32 Å².